The maximum Gasteiger partial charge on any atom is 0.344 e. The molecule has 1 aromatic rings. The molecule has 0 saturated carbocycles. The number of amides is 1. The van der Waals surface area contributed by atoms with Crippen molar-refractivity contribution in [2.24, 2.45) is 0 Å². The maximum atomic E-state index is 12.1. The van der Waals surface area contributed by atoms with Crippen molar-refractivity contribution >= 4 is 29.5 Å². The number of Topliss-reactive ketones (excluding diaryl/α,β-unsaturated/α-hetero) is 1. The highest BCUT2D eigenvalue weighted by molar-refractivity contribution is 6.10. The van der Waals surface area contributed by atoms with Gasteiger partial charge in [0.25, 0.3) is 5.91 Å². The number of esters is 2. The van der Waals surface area contributed by atoms with Gasteiger partial charge in [-0.15, -0.1) is 0 Å². The van der Waals surface area contributed by atoms with Gasteiger partial charge in [0.2, 0.25) is 5.88 Å². The number of hydrogen-bond donors (Lipinski definition) is 1. The molecule has 1 aliphatic rings. The second-order valence-electron chi connectivity index (χ2n) is 5.67. The zero-order valence-electron chi connectivity index (χ0n) is 14.9. The fourth-order valence-corrected chi connectivity index (χ4v) is 2.61. The number of anilines is 1. The number of aryl methyl sites for hydroxylation is 1. The van der Waals surface area contributed by atoms with Crippen LogP contribution in [0, 0.1) is 6.92 Å². The predicted octanol–water partition coefficient (Wildman–Crippen LogP) is 1.63. The van der Waals surface area contributed by atoms with Crippen LogP contribution in [-0.2, 0) is 23.8 Å². The van der Waals surface area contributed by atoms with E-state index < -0.39 is 36.3 Å². The quantitative estimate of drug-likeness (QED) is 0.570. The Morgan fingerprint density at radius 1 is 1.19 bits per heavy atom. The molecule has 1 saturated heterocycles. The molecule has 1 fully saturated rings. The van der Waals surface area contributed by atoms with Gasteiger partial charge in [-0.05, 0) is 33.6 Å². The number of nitrogens with one attached hydrogen (secondary N) is 1. The third-order valence-corrected chi connectivity index (χ3v) is 3.71. The summed E-state index contributed by atoms with van der Waals surface area (Å²) in [6.07, 6.45) is 0.648. The standard InChI is InChI=1S/C17H21NO8/c1-4-23-17(22)14-13(9(2)19)10(3)26-15(14)18-12(20)8-25-16(21)11-6-5-7-24-11/h11H,4-8H2,1-3H3,(H,18,20)/t11-/m1/s1. The molecular weight excluding hydrogens is 346 g/mol. The van der Waals surface area contributed by atoms with Gasteiger partial charge < -0.3 is 18.6 Å². The third-order valence-electron chi connectivity index (χ3n) is 3.71. The molecule has 0 radical (unpaired) electrons. The molecule has 2 rings (SSSR count). The number of rotatable bonds is 7. The Bertz CT molecular complexity index is 715. The van der Waals surface area contributed by atoms with Gasteiger partial charge in [0, 0.05) is 6.61 Å². The molecule has 142 valence electrons. The molecule has 1 N–H and O–H groups in total. The second-order valence-corrected chi connectivity index (χ2v) is 5.67. The summed E-state index contributed by atoms with van der Waals surface area (Å²) in [7, 11) is 0. The molecule has 1 aromatic heterocycles. The summed E-state index contributed by atoms with van der Waals surface area (Å²) in [6.45, 7) is 4.38. The van der Waals surface area contributed by atoms with Crippen molar-refractivity contribution in [1.29, 1.82) is 0 Å². The van der Waals surface area contributed by atoms with Crippen LogP contribution in [0.2, 0.25) is 0 Å². The Balaban J connectivity index is 2.08. The highest BCUT2D eigenvalue weighted by Crippen LogP contribution is 2.28. The zero-order valence-corrected chi connectivity index (χ0v) is 14.9. The van der Waals surface area contributed by atoms with Crippen LogP contribution >= 0.6 is 0 Å². The fourth-order valence-electron chi connectivity index (χ4n) is 2.61. The summed E-state index contributed by atoms with van der Waals surface area (Å²) < 4.78 is 20.3. The Morgan fingerprint density at radius 3 is 2.50 bits per heavy atom. The molecule has 0 unspecified atom stereocenters. The average Bonchev–Trinajstić information content (AvgIpc) is 3.20. The van der Waals surface area contributed by atoms with Crippen molar-refractivity contribution in [3.05, 3.63) is 16.9 Å². The Morgan fingerprint density at radius 2 is 1.92 bits per heavy atom. The van der Waals surface area contributed by atoms with Gasteiger partial charge in [-0.2, -0.15) is 0 Å². The van der Waals surface area contributed by atoms with E-state index in [2.05, 4.69) is 5.32 Å². The number of ether oxygens (including phenoxy) is 3. The molecule has 0 spiro atoms. The minimum absolute atomic E-state index is 0.0371. The van der Waals surface area contributed by atoms with Gasteiger partial charge in [-0.1, -0.05) is 0 Å². The first-order chi connectivity index (χ1) is 12.3. The SMILES string of the molecule is CCOC(=O)c1c(NC(=O)COC(=O)[C@H]2CCCO2)oc(C)c1C(C)=O. The van der Waals surface area contributed by atoms with E-state index in [1.807, 2.05) is 0 Å². The van der Waals surface area contributed by atoms with Gasteiger partial charge >= 0.3 is 11.9 Å². The van der Waals surface area contributed by atoms with E-state index in [0.717, 1.165) is 6.42 Å². The average molecular weight is 367 g/mol. The number of ketones is 1. The van der Waals surface area contributed by atoms with E-state index in [-0.39, 0.29) is 29.4 Å². The van der Waals surface area contributed by atoms with Crippen LogP contribution < -0.4 is 5.32 Å². The van der Waals surface area contributed by atoms with Crippen molar-refractivity contribution < 1.29 is 37.8 Å². The van der Waals surface area contributed by atoms with Gasteiger partial charge in [0.1, 0.15) is 11.3 Å². The molecule has 9 nitrogen and oxygen atoms in total. The van der Waals surface area contributed by atoms with Gasteiger partial charge in [-0.25, -0.2) is 9.59 Å². The minimum atomic E-state index is -0.791. The monoisotopic (exact) mass is 367 g/mol. The normalized spacial score (nSPS) is 16.2. The number of furan rings is 1. The Kier molecular flexibility index (Phi) is 6.51. The first-order valence-electron chi connectivity index (χ1n) is 8.24. The highest BCUT2D eigenvalue weighted by atomic mass is 16.6. The summed E-state index contributed by atoms with van der Waals surface area (Å²) >= 11 is 0. The molecule has 26 heavy (non-hydrogen) atoms. The fraction of sp³-hybridized carbons (Fsp3) is 0.529. The first kappa shape index (κ1) is 19.6. The van der Waals surface area contributed by atoms with Gasteiger partial charge in [-0.3, -0.25) is 14.9 Å². The van der Waals surface area contributed by atoms with Crippen LogP contribution in [0.15, 0.2) is 4.42 Å². The van der Waals surface area contributed by atoms with Crippen LogP contribution in [0.5, 0.6) is 0 Å². The van der Waals surface area contributed by atoms with Crippen LogP contribution in [0.4, 0.5) is 5.88 Å². The summed E-state index contributed by atoms with van der Waals surface area (Å²) in [5.74, 6) is -2.58. The predicted molar refractivity (Wildman–Crippen MR) is 88.0 cm³/mol. The number of carbonyl (C=O) groups excluding carboxylic acids is 4. The third kappa shape index (κ3) is 4.48. The van der Waals surface area contributed by atoms with E-state index in [4.69, 9.17) is 18.6 Å². The van der Waals surface area contributed by atoms with E-state index in [1.54, 1.807) is 6.92 Å². The molecule has 0 bridgehead atoms. The van der Waals surface area contributed by atoms with Gasteiger partial charge in [0.15, 0.2) is 18.5 Å². The molecule has 0 aliphatic carbocycles. The van der Waals surface area contributed by atoms with Crippen LogP contribution in [0.3, 0.4) is 0 Å². The minimum Gasteiger partial charge on any atom is -0.462 e. The van der Waals surface area contributed by atoms with E-state index in [9.17, 15) is 19.2 Å². The number of hydrogen-bond acceptors (Lipinski definition) is 8. The Hall–Kier alpha value is -2.68. The van der Waals surface area contributed by atoms with Crippen molar-refractivity contribution in [3.8, 4) is 0 Å². The lowest BCUT2D eigenvalue weighted by atomic mass is 10.1. The molecule has 1 atom stereocenters. The van der Waals surface area contributed by atoms with Crippen LogP contribution in [0.1, 0.15) is 53.2 Å². The van der Waals surface area contributed by atoms with Crippen molar-refractivity contribution in [1.82, 2.24) is 0 Å². The largest absolute Gasteiger partial charge is 0.462 e. The molecule has 0 aromatic carbocycles. The Labute approximate surface area is 150 Å². The first-order valence-corrected chi connectivity index (χ1v) is 8.24. The smallest absolute Gasteiger partial charge is 0.344 e. The van der Waals surface area contributed by atoms with Crippen LogP contribution in [0.25, 0.3) is 0 Å². The molecule has 9 heteroatoms. The summed E-state index contributed by atoms with van der Waals surface area (Å²) in [4.78, 5) is 47.7. The second kappa shape index (κ2) is 8.61. The van der Waals surface area contributed by atoms with Crippen molar-refractivity contribution in [2.75, 3.05) is 25.1 Å². The lowest BCUT2D eigenvalue weighted by Crippen LogP contribution is -2.27. The molecule has 1 amide bonds. The lowest BCUT2D eigenvalue weighted by molar-refractivity contribution is -0.156. The number of carbonyl (C=O) groups is 4. The van der Waals surface area contributed by atoms with Crippen LogP contribution in [-0.4, -0.2) is 49.6 Å². The zero-order chi connectivity index (χ0) is 19.3. The summed E-state index contributed by atoms with van der Waals surface area (Å²) in [6, 6.07) is 0. The topological polar surface area (TPSA) is 121 Å². The van der Waals surface area contributed by atoms with Crippen molar-refractivity contribution in [3.63, 3.8) is 0 Å². The lowest BCUT2D eigenvalue weighted by Gasteiger charge is -2.09. The highest BCUT2D eigenvalue weighted by Gasteiger charge is 2.29. The van der Waals surface area contributed by atoms with Crippen molar-refractivity contribution in [2.45, 2.75) is 39.7 Å². The molecule has 1 aliphatic heterocycles. The molecule has 2 heterocycles. The summed E-state index contributed by atoms with van der Waals surface area (Å²) in [5.41, 5.74) is -0.120. The van der Waals surface area contributed by atoms with E-state index >= 15 is 0 Å². The van der Waals surface area contributed by atoms with Gasteiger partial charge in [0.05, 0.1) is 12.2 Å². The van der Waals surface area contributed by atoms with E-state index in [0.29, 0.717) is 13.0 Å². The maximum absolute atomic E-state index is 12.1. The van der Waals surface area contributed by atoms with E-state index in [1.165, 1.54) is 13.8 Å². The molecular formula is C17H21NO8. The summed E-state index contributed by atoms with van der Waals surface area (Å²) in [5, 5.41) is 2.34.